The highest BCUT2D eigenvalue weighted by Gasteiger charge is 2.21. The maximum absolute atomic E-state index is 12.2. The van der Waals surface area contributed by atoms with Gasteiger partial charge in [0.05, 0.1) is 17.1 Å². The van der Waals surface area contributed by atoms with Gasteiger partial charge >= 0.3 is 12.1 Å². The van der Waals surface area contributed by atoms with Crippen molar-refractivity contribution >= 4 is 33.1 Å². The SMILES string of the molecule is CS(=O)(=O)c1ccc(/C(COC(=O)OCCCC(CO[N+](=O)[O-])O[N+](=O)[O-])=C(/C(=O)O)c2ccccc2)cc1. The molecule has 0 bridgehead atoms. The van der Waals surface area contributed by atoms with Crippen molar-refractivity contribution in [2.24, 2.45) is 0 Å². The molecule has 0 heterocycles. The van der Waals surface area contributed by atoms with Crippen LogP contribution in [0.3, 0.4) is 0 Å². The molecule has 0 aliphatic rings. The Morgan fingerprint density at radius 1 is 0.949 bits per heavy atom. The zero-order chi connectivity index (χ0) is 29.0. The van der Waals surface area contributed by atoms with Crippen LogP contribution in [0, 0.1) is 20.2 Å². The molecule has 39 heavy (non-hydrogen) atoms. The number of rotatable bonds is 15. The van der Waals surface area contributed by atoms with Crippen molar-refractivity contribution in [3.63, 3.8) is 0 Å². The van der Waals surface area contributed by atoms with Crippen LogP contribution in [0.4, 0.5) is 4.79 Å². The second-order valence-electron chi connectivity index (χ2n) is 7.82. The van der Waals surface area contributed by atoms with Crippen molar-refractivity contribution in [3.05, 3.63) is 86.0 Å². The Bertz CT molecular complexity index is 1310. The molecular formula is C23H24N2O13S. The molecule has 2 aromatic rings. The van der Waals surface area contributed by atoms with Gasteiger partial charge in [0, 0.05) is 11.8 Å². The van der Waals surface area contributed by atoms with E-state index in [1.165, 1.54) is 24.3 Å². The molecule has 0 aliphatic heterocycles. The van der Waals surface area contributed by atoms with E-state index in [2.05, 4.69) is 9.68 Å². The molecular weight excluding hydrogens is 544 g/mol. The third-order valence-electron chi connectivity index (χ3n) is 5.03. The van der Waals surface area contributed by atoms with Crippen molar-refractivity contribution in [1.29, 1.82) is 0 Å². The average Bonchev–Trinajstić information content (AvgIpc) is 2.87. The second kappa shape index (κ2) is 14.3. The monoisotopic (exact) mass is 568 g/mol. The molecule has 0 spiro atoms. The Morgan fingerprint density at radius 2 is 1.59 bits per heavy atom. The lowest BCUT2D eigenvalue weighted by Crippen LogP contribution is -2.25. The van der Waals surface area contributed by atoms with E-state index in [0.717, 1.165) is 6.26 Å². The van der Waals surface area contributed by atoms with E-state index in [-0.39, 0.29) is 41.1 Å². The van der Waals surface area contributed by atoms with Crippen LogP contribution in [-0.2, 0) is 33.8 Å². The highest BCUT2D eigenvalue weighted by molar-refractivity contribution is 7.90. The molecule has 0 saturated carbocycles. The standard InChI is InChI=1S/C23H24N2O13S/c1-39(33,34)19-11-9-16(10-12-19)20(21(22(26)27)17-6-3-2-4-7-17)15-36-23(28)35-13-5-8-18(38-25(31)32)14-37-24(29)30/h2-4,6-7,9-12,18H,5,8,13-15H2,1H3,(H,26,27)/b21-20+. The van der Waals surface area contributed by atoms with Gasteiger partial charge in [-0.1, -0.05) is 42.5 Å². The van der Waals surface area contributed by atoms with Crippen molar-refractivity contribution in [3.8, 4) is 0 Å². The quantitative estimate of drug-likeness (QED) is 0.0818. The number of hydrogen-bond donors (Lipinski definition) is 1. The lowest BCUT2D eigenvalue weighted by atomic mass is 9.95. The van der Waals surface area contributed by atoms with Gasteiger partial charge in [0.15, 0.2) is 9.84 Å². The lowest BCUT2D eigenvalue weighted by molar-refractivity contribution is -0.790. The second-order valence-corrected chi connectivity index (χ2v) is 9.84. The highest BCUT2D eigenvalue weighted by atomic mass is 32.2. The Kier molecular flexibility index (Phi) is 11.2. The van der Waals surface area contributed by atoms with E-state index in [9.17, 15) is 43.3 Å². The predicted molar refractivity (Wildman–Crippen MR) is 132 cm³/mol. The lowest BCUT2D eigenvalue weighted by Gasteiger charge is -2.15. The van der Waals surface area contributed by atoms with Crippen molar-refractivity contribution < 1.29 is 52.4 Å². The van der Waals surface area contributed by atoms with Gasteiger partial charge in [0.2, 0.25) is 0 Å². The Labute approximate surface area is 221 Å². The van der Waals surface area contributed by atoms with E-state index >= 15 is 0 Å². The van der Waals surface area contributed by atoms with E-state index < -0.39 is 51.5 Å². The fourth-order valence-electron chi connectivity index (χ4n) is 3.31. The molecule has 0 amide bonds. The molecule has 210 valence electrons. The normalized spacial score (nSPS) is 12.4. The fourth-order valence-corrected chi connectivity index (χ4v) is 3.94. The van der Waals surface area contributed by atoms with Crippen LogP contribution in [0.2, 0.25) is 0 Å². The molecule has 16 heteroatoms. The summed E-state index contributed by atoms with van der Waals surface area (Å²) in [5.41, 5.74) is 0.447. The van der Waals surface area contributed by atoms with Gasteiger partial charge in [-0.2, -0.15) is 0 Å². The van der Waals surface area contributed by atoms with E-state index in [1.54, 1.807) is 30.3 Å². The summed E-state index contributed by atoms with van der Waals surface area (Å²) >= 11 is 0. The molecule has 1 atom stereocenters. The Hall–Kier alpha value is -4.73. The van der Waals surface area contributed by atoms with Gasteiger partial charge in [-0.05, 0) is 36.1 Å². The van der Waals surface area contributed by atoms with Gasteiger partial charge in [0.1, 0.15) is 19.3 Å². The van der Waals surface area contributed by atoms with E-state index in [4.69, 9.17) is 9.47 Å². The highest BCUT2D eigenvalue weighted by Crippen LogP contribution is 2.28. The van der Waals surface area contributed by atoms with Crippen LogP contribution in [-0.4, -0.2) is 68.0 Å². The summed E-state index contributed by atoms with van der Waals surface area (Å²) in [5, 5.41) is 28.5. The van der Waals surface area contributed by atoms with Gasteiger partial charge in [-0.15, -0.1) is 20.2 Å². The summed E-state index contributed by atoms with van der Waals surface area (Å²) in [6, 6.07) is 13.3. The molecule has 1 unspecified atom stereocenters. The summed E-state index contributed by atoms with van der Waals surface area (Å²) in [6.07, 6.45) is -1.58. The number of benzene rings is 2. The van der Waals surface area contributed by atoms with Crippen LogP contribution in [0.25, 0.3) is 11.1 Å². The maximum Gasteiger partial charge on any atom is 0.508 e. The molecule has 1 N–H and O–H groups in total. The van der Waals surface area contributed by atoms with Crippen LogP contribution in [0.1, 0.15) is 24.0 Å². The Morgan fingerprint density at radius 3 is 2.13 bits per heavy atom. The zero-order valence-electron chi connectivity index (χ0n) is 20.5. The molecule has 0 aliphatic carbocycles. The molecule has 0 radical (unpaired) electrons. The minimum absolute atomic E-state index is 0.00508. The first-order valence-corrected chi connectivity index (χ1v) is 13.0. The largest absolute Gasteiger partial charge is 0.508 e. The molecule has 0 aromatic heterocycles. The number of ether oxygens (including phenoxy) is 2. The average molecular weight is 569 g/mol. The summed E-state index contributed by atoms with van der Waals surface area (Å²) in [6.45, 7) is -1.57. The molecule has 0 saturated heterocycles. The zero-order valence-corrected chi connectivity index (χ0v) is 21.3. The first-order valence-electron chi connectivity index (χ1n) is 11.1. The van der Waals surface area contributed by atoms with Gasteiger partial charge in [0.25, 0.3) is 10.2 Å². The first-order chi connectivity index (χ1) is 18.4. The summed E-state index contributed by atoms with van der Waals surface area (Å²) in [4.78, 5) is 53.5. The smallest absolute Gasteiger partial charge is 0.478 e. The number of aliphatic carboxylic acids is 1. The van der Waals surface area contributed by atoms with Crippen LogP contribution in [0.15, 0.2) is 59.5 Å². The minimum atomic E-state index is -3.52. The van der Waals surface area contributed by atoms with Crippen molar-refractivity contribution in [1.82, 2.24) is 0 Å². The number of hydrogen-bond acceptors (Lipinski definition) is 12. The van der Waals surface area contributed by atoms with E-state index in [0.29, 0.717) is 5.56 Å². The van der Waals surface area contributed by atoms with Gasteiger partial charge in [-0.25, -0.2) is 18.0 Å². The summed E-state index contributed by atoms with van der Waals surface area (Å²) in [5.74, 6) is -1.32. The number of carbonyl (C=O) groups is 2. The molecule has 15 nitrogen and oxygen atoms in total. The first kappa shape index (κ1) is 30.5. The van der Waals surface area contributed by atoms with Crippen LogP contribution >= 0.6 is 0 Å². The number of carboxylic acids is 1. The van der Waals surface area contributed by atoms with E-state index in [1.807, 2.05) is 0 Å². The number of sulfone groups is 1. The third kappa shape index (κ3) is 10.3. The van der Waals surface area contributed by atoms with Crippen LogP contribution < -0.4 is 0 Å². The minimum Gasteiger partial charge on any atom is -0.478 e. The summed E-state index contributed by atoms with van der Waals surface area (Å²) in [7, 11) is -3.52. The molecule has 2 aromatic carbocycles. The number of nitrogens with zero attached hydrogens (tertiary/aromatic N) is 2. The summed E-state index contributed by atoms with van der Waals surface area (Å²) < 4.78 is 33.6. The number of carboxylic acid groups (broad SMARTS) is 1. The third-order valence-corrected chi connectivity index (χ3v) is 6.16. The van der Waals surface area contributed by atoms with Crippen molar-refractivity contribution in [2.45, 2.75) is 23.8 Å². The number of carbonyl (C=O) groups excluding carboxylic acids is 1. The topological polar surface area (TPSA) is 212 Å². The predicted octanol–water partition coefficient (Wildman–Crippen LogP) is 2.80. The molecule has 2 rings (SSSR count). The van der Waals surface area contributed by atoms with Crippen molar-refractivity contribution in [2.75, 3.05) is 26.1 Å². The van der Waals surface area contributed by atoms with Gasteiger partial charge in [-0.3, -0.25) is 0 Å². The van der Waals surface area contributed by atoms with Gasteiger partial charge < -0.3 is 24.3 Å². The maximum atomic E-state index is 12.2. The fraction of sp³-hybridized carbons (Fsp3) is 0.304. The molecule has 0 fully saturated rings. The van der Waals surface area contributed by atoms with Crippen LogP contribution in [0.5, 0.6) is 0 Å². The Balaban J connectivity index is 2.15.